The standard InChI is InChI=1S/C16H33N3O2/c1-5-13-8-6-7-11-19(13)14(12-17)9-10-18-15(20)21-16(2,3)4/h13-14H,5-12,17H2,1-4H3,(H,18,20). The van der Waals surface area contributed by atoms with Crippen LogP contribution in [0, 0.1) is 0 Å². The number of carbonyl (C=O) groups excluding carboxylic acids is 1. The van der Waals surface area contributed by atoms with E-state index >= 15 is 0 Å². The van der Waals surface area contributed by atoms with E-state index in [1.54, 1.807) is 0 Å². The minimum absolute atomic E-state index is 0.344. The molecule has 1 fully saturated rings. The Hall–Kier alpha value is -0.810. The van der Waals surface area contributed by atoms with Gasteiger partial charge in [-0.15, -0.1) is 0 Å². The van der Waals surface area contributed by atoms with Gasteiger partial charge in [-0.25, -0.2) is 4.79 Å². The molecule has 21 heavy (non-hydrogen) atoms. The van der Waals surface area contributed by atoms with Crippen molar-refractivity contribution in [2.75, 3.05) is 19.6 Å². The third-order valence-electron chi connectivity index (χ3n) is 4.03. The molecule has 2 unspecified atom stereocenters. The molecule has 5 heteroatoms. The van der Waals surface area contributed by atoms with E-state index in [0.717, 1.165) is 13.0 Å². The van der Waals surface area contributed by atoms with Crippen LogP contribution in [0.2, 0.25) is 0 Å². The second kappa shape index (κ2) is 8.59. The zero-order chi connectivity index (χ0) is 15.9. The normalized spacial score (nSPS) is 21.9. The number of alkyl carbamates (subject to hydrolysis) is 1. The van der Waals surface area contributed by atoms with Crippen LogP contribution in [0.25, 0.3) is 0 Å². The fraction of sp³-hybridized carbons (Fsp3) is 0.938. The van der Waals surface area contributed by atoms with E-state index < -0.39 is 5.60 Å². The zero-order valence-corrected chi connectivity index (χ0v) is 14.2. The number of piperidine rings is 1. The molecule has 5 nitrogen and oxygen atoms in total. The molecule has 3 N–H and O–H groups in total. The zero-order valence-electron chi connectivity index (χ0n) is 14.2. The molecule has 1 saturated heterocycles. The van der Waals surface area contributed by atoms with Crippen molar-refractivity contribution < 1.29 is 9.53 Å². The summed E-state index contributed by atoms with van der Waals surface area (Å²) in [7, 11) is 0. The summed E-state index contributed by atoms with van der Waals surface area (Å²) in [5.41, 5.74) is 5.51. The quantitative estimate of drug-likeness (QED) is 0.791. The van der Waals surface area contributed by atoms with E-state index in [2.05, 4.69) is 17.1 Å². The van der Waals surface area contributed by atoms with Gasteiger partial charge < -0.3 is 15.8 Å². The number of carbonyl (C=O) groups is 1. The van der Waals surface area contributed by atoms with E-state index in [1.165, 1.54) is 25.7 Å². The summed E-state index contributed by atoms with van der Waals surface area (Å²) >= 11 is 0. The average Bonchev–Trinajstić information content (AvgIpc) is 2.42. The molecule has 1 rings (SSSR count). The number of likely N-dealkylation sites (tertiary alicyclic amines) is 1. The molecule has 0 aromatic carbocycles. The predicted octanol–water partition coefficient (Wildman–Crippen LogP) is 2.49. The number of nitrogens with zero attached hydrogens (tertiary/aromatic N) is 1. The molecule has 1 heterocycles. The van der Waals surface area contributed by atoms with Gasteiger partial charge in [0.25, 0.3) is 0 Å². The van der Waals surface area contributed by atoms with Crippen molar-refractivity contribution in [3.63, 3.8) is 0 Å². The van der Waals surface area contributed by atoms with Crippen LogP contribution < -0.4 is 11.1 Å². The number of ether oxygens (including phenoxy) is 1. The van der Waals surface area contributed by atoms with Crippen LogP contribution in [0.4, 0.5) is 4.79 Å². The highest BCUT2D eigenvalue weighted by atomic mass is 16.6. The van der Waals surface area contributed by atoms with Gasteiger partial charge in [0.05, 0.1) is 0 Å². The van der Waals surface area contributed by atoms with E-state index in [1.807, 2.05) is 20.8 Å². The van der Waals surface area contributed by atoms with Gasteiger partial charge in [0.15, 0.2) is 0 Å². The Morgan fingerprint density at radius 1 is 1.43 bits per heavy atom. The highest BCUT2D eigenvalue weighted by Crippen LogP contribution is 2.22. The van der Waals surface area contributed by atoms with Gasteiger partial charge in [-0.3, -0.25) is 4.90 Å². The maximum absolute atomic E-state index is 11.6. The fourth-order valence-electron chi connectivity index (χ4n) is 3.02. The lowest BCUT2D eigenvalue weighted by molar-refractivity contribution is 0.0511. The first-order valence-corrected chi connectivity index (χ1v) is 8.30. The number of amides is 1. The SMILES string of the molecule is CCC1CCCCN1C(CN)CCNC(=O)OC(C)(C)C. The molecule has 0 saturated carbocycles. The molecule has 0 spiro atoms. The Morgan fingerprint density at radius 2 is 2.14 bits per heavy atom. The molecule has 1 amide bonds. The minimum atomic E-state index is -0.447. The maximum Gasteiger partial charge on any atom is 0.407 e. The monoisotopic (exact) mass is 299 g/mol. The van der Waals surface area contributed by atoms with Crippen molar-refractivity contribution in [3.8, 4) is 0 Å². The number of nitrogens with two attached hydrogens (primary N) is 1. The van der Waals surface area contributed by atoms with Crippen LogP contribution >= 0.6 is 0 Å². The van der Waals surface area contributed by atoms with Crippen LogP contribution in [0.1, 0.15) is 59.8 Å². The predicted molar refractivity (Wildman–Crippen MR) is 86.3 cm³/mol. The van der Waals surface area contributed by atoms with Crippen LogP contribution in [0.15, 0.2) is 0 Å². The molecule has 1 aliphatic heterocycles. The van der Waals surface area contributed by atoms with Crippen LogP contribution in [-0.4, -0.2) is 48.3 Å². The van der Waals surface area contributed by atoms with Gasteiger partial charge in [-0.2, -0.15) is 0 Å². The molecule has 0 bridgehead atoms. The lowest BCUT2D eigenvalue weighted by Crippen LogP contribution is -2.50. The average molecular weight is 299 g/mol. The molecule has 0 aromatic rings. The second-order valence-corrected chi connectivity index (χ2v) is 6.90. The number of rotatable bonds is 6. The second-order valence-electron chi connectivity index (χ2n) is 6.90. The van der Waals surface area contributed by atoms with Crippen molar-refractivity contribution >= 4 is 6.09 Å². The van der Waals surface area contributed by atoms with Crippen molar-refractivity contribution in [2.45, 2.75) is 77.5 Å². The van der Waals surface area contributed by atoms with Gasteiger partial charge in [0, 0.05) is 25.2 Å². The van der Waals surface area contributed by atoms with Crippen molar-refractivity contribution in [1.29, 1.82) is 0 Å². The van der Waals surface area contributed by atoms with Crippen molar-refractivity contribution in [2.24, 2.45) is 5.73 Å². The summed E-state index contributed by atoms with van der Waals surface area (Å²) in [6.07, 6.45) is 5.56. The first-order valence-electron chi connectivity index (χ1n) is 8.30. The fourth-order valence-corrected chi connectivity index (χ4v) is 3.02. The maximum atomic E-state index is 11.6. The molecule has 2 atom stereocenters. The summed E-state index contributed by atoms with van der Waals surface area (Å²) in [6, 6.07) is 0.999. The van der Waals surface area contributed by atoms with Crippen LogP contribution in [-0.2, 0) is 4.74 Å². The Balaban J connectivity index is 2.38. The highest BCUT2D eigenvalue weighted by Gasteiger charge is 2.26. The Bertz CT molecular complexity index is 315. The molecular weight excluding hydrogens is 266 g/mol. The Labute approximate surface area is 129 Å². The molecule has 0 radical (unpaired) electrons. The van der Waals surface area contributed by atoms with Crippen molar-refractivity contribution in [3.05, 3.63) is 0 Å². The molecular formula is C16H33N3O2. The summed E-state index contributed by atoms with van der Waals surface area (Å²) in [5, 5.41) is 2.83. The third-order valence-corrected chi connectivity index (χ3v) is 4.03. The van der Waals surface area contributed by atoms with Crippen LogP contribution in [0.5, 0.6) is 0 Å². The summed E-state index contributed by atoms with van der Waals surface area (Å²) in [4.78, 5) is 14.2. The molecule has 0 aliphatic carbocycles. The first-order chi connectivity index (χ1) is 9.87. The topological polar surface area (TPSA) is 67.6 Å². The van der Waals surface area contributed by atoms with E-state index in [9.17, 15) is 4.79 Å². The summed E-state index contributed by atoms with van der Waals surface area (Å²) in [6.45, 7) is 10.2. The van der Waals surface area contributed by atoms with Gasteiger partial charge >= 0.3 is 6.09 Å². The summed E-state index contributed by atoms with van der Waals surface area (Å²) < 4.78 is 5.25. The van der Waals surface area contributed by atoms with E-state index in [0.29, 0.717) is 25.2 Å². The highest BCUT2D eigenvalue weighted by molar-refractivity contribution is 5.67. The molecule has 0 aromatic heterocycles. The van der Waals surface area contributed by atoms with Gasteiger partial charge in [-0.1, -0.05) is 13.3 Å². The largest absolute Gasteiger partial charge is 0.444 e. The van der Waals surface area contributed by atoms with Gasteiger partial charge in [0.1, 0.15) is 5.60 Å². The van der Waals surface area contributed by atoms with Gasteiger partial charge in [-0.05, 0) is 53.0 Å². The first kappa shape index (κ1) is 18.2. The molecule has 124 valence electrons. The number of hydrogen-bond donors (Lipinski definition) is 2. The lowest BCUT2D eigenvalue weighted by Gasteiger charge is -2.40. The Kier molecular flexibility index (Phi) is 7.46. The van der Waals surface area contributed by atoms with Crippen molar-refractivity contribution in [1.82, 2.24) is 10.2 Å². The molecule has 1 aliphatic rings. The third kappa shape index (κ3) is 6.66. The Morgan fingerprint density at radius 3 is 2.71 bits per heavy atom. The smallest absolute Gasteiger partial charge is 0.407 e. The van der Waals surface area contributed by atoms with E-state index in [-0.39, 0.29) is 6.09 Å². The number of hydrogen-bond acceptors (Lipinski definition) is 4. The number of nitrogens with one attached hydrogen (secondary N) is 1. The minimum Gasteiger partial charge on any atom is -0.444 e. The van der Waals surface area contributed by atoms with E-state index in [4.69, 9.17) is 10.5 Å². The summed E-state index contributed by atoms with van der Waals surface area (Å²) in [5.74, 6) is 0. The lowest BCUT2D eigenvalue weighted by atomic mass is 9.96. The van der Waals surface area contributed by atoms with Crippen LogP contribution in [0.3, 0.4) is 0 Å². The van der Waals surface area contributed by atoms with Gasteiger partial charge in [0.2, 0.25) is 0 Å².